The fourth-order valence-corrected chi connectivity index (χ4v) is 1.67. The molecule has 1 atom stereocenters. The number of aliphatic hydroxyl groups is 2. The quantitative estimate of drug-likeness (QED) is 0.793. The highest BCUT2D eigenvalue weighted by atomic mass is 19.1. The molecule has 17 heavy (non-hydrogen) atoms. The van der Waals surface area contributed by atoms with Crippen molar-refractivity contribution in [1.82, 2.24) is 4.90 Å². The van der Waals surface area contributed by atoms with Gasteiger partial charge in [-0.15, -0.1) is 0 Å². The van der Waals surface area contributed by atoms with Crippen molar-refractivity contribution in [2.45, 2.75) is 19.4 Å². The van der Waals surface area contributed by atoms with Crippen LogP contribution in [-0.2, 0) is 0 Å². The van der Waals surface area contributed by atoms with Gasteiger partial charge in [0.1, 0.15) is 5.82 Å². The first-order valence-electron chi connectivity index (χ1n) is 5.78. The molecule has 0 spiro atoms. The van der Waals surface area contributed by atoms with Crippen LogP contribution in [0.2, 0.25) is 0 Å². The van der Waals surface area contributed by atoms with Gasteiger partial charge >= 0.3 is 0 Å². The zero-order chi connectivity index (χ0) is 12.8. The zero-order valence-electron chi connectivity index (χ0n) is 10.4. The molecule has 1 aromatic rings. The molecule has 0 aliphatic rings. The second-order valence-electron chi connectivity index (χ2n) is 4.34. The molecule has 0 radical (unpaired) electrons. The first-order chi connectivity index (χ1) is 8.04. The normalized spacial score (nSPS) is 13.1. The monoisotopic (exact) mass is 241 g/mol. The van der Waals surface area contributed by atoms with Crippen molar-refractivity contribution in [2.75, 3.05) is 26.7 Å². The smallest absolute Gasteiger partial charge is 0.126 e. The first-order valence-corrected chi connectivity index (χ1v) is 5.78. The molecular weight excluding hydrogens is 221 g/mol. The first kappa shape index (κ1) is 14.1. The average molecular weight is 241 g/mol. The molecule has 3 nitrogen and oxygen atoms in total. The van der Waals surface area contributed by atoms with Crippen molar-refractivity contribution in [3.63, 3.8) is 0 Å². The largest absolute Gasteiger partial charge is 0.395 e. The Kier molecular flexibility index (Phi) is 5.55. The average Bonchev–Trinajstić information content (AvgIpc) is 2.30. The lowest BCUT2D eigenvalue weighted by molar-refractivity contribution is 0.141. The summed E-state index contributed by atoms with van der Waals surface area (Å²) >= 11 is 0. The molecule has 1 aromatic carbocycles. The van der Waals surface area contributed by atoms with Gasteiger partial charge in [-0.2, -0.15) is 0 Å². The molecular formula is C13H20FNO2. The predicted molar refractivity (Wildman–Crippen MR) is 65.3 cm³/mol. The molecule has 2 N–H and O–H groups in total. The second kappa shape index (κ2) is 6.69. The molecule has 0 aliphatic carbocycles. The van der Waals surface area contributed by atoms with Crippen molar-refractivity contribution >= 4 is 0 Å². The van der Waals surface area contributed by atoms with Crippen LogP contribution in [-0.4, -0.2) is 41.9 Å². The third kappa shape index (κ3) is 4.42. The molecule has 0 amide bonds. The van der Waals surface area contributed by atoms with E-state index in [1.54, 1.807) is 19.1 Å². The van der Waals surface area contributed by atoms with Crippen LogP contribution in [0, 0.1) is 12.7 Å². The Morgan fingerprint density at radius 3 is 2.65 bits per heavy atom. The van der Waals surface area contributed by atoms with Gasteiger partial charge in [0.2, 0.25) is 0 Å². The standard InChI is InChI=1S/C13H20FNO2/c1-10-9-11(3-4-12(10)14)13(17)5-6-15(2)7-8-16/h3-4,9,13,16-17H,5-8H2,1-2H3. The van der Waals surface area contributed by atoms with Crippen LogP contribution in [0.4, 0.5) is 4.39 Å². The molecule has 0 aromatic heterocycles. The molecule has 0 fully saturated rings. The number of aliphatic hydroxyl groups excluding tert-OH is 2. The Hall–Kier alpha value is -0.970. The van der Waals surface area contributed by atoms with Gasteiger partial charge in [-0.1, -0.05) is 12.1 Å². The number of aryl methyl sites for hydroxylation is 1. The summed E-state index contributed by atoms with van der Waals surface area (Å²) in [6.07, 6.45) is -0.0165. The maximum atomic E-state index is 13.1. The van der Waals surface area contributed by atoms with Gasteiger partial charge in [0.15, 0.2) is 0 Å². The molecule has 4 heteroatoms. The second-order valence-corrected chi connectivity index (χ2v) is 4.34. The van der Waals surface area contributed by atoms with E-state index in [1.165, 1.54) is 6.07 Å². The summed E-state index contributed by atoms with van der Waals surface area (Å²) in [6.45, 7) is 3.08. The minimum absolute atomic E-state index is 0.113. The van der Waals surface area contributed by atoms with Crippen molar-refractivity contribution in [1.29, 1.82) is 0 Å². The summed E-state index contributed by atoms with van der Waals surface area (Å²) in [4.78, 5) is 1.94. The SMILES string of the molecule is Cc1cc(C(O)CCN(C)CCO)ccc1F. The molecule has 0 bridgehead atoms. The highest BCUT2D eigenvalue weighted by Crippen LogP contribution is 2.19. The van der Waals surface area contributed by atoms with Crippen LogP contribution in [0.1, 0.15) is 23.7 Å². The Labute approximate surface area is 101 Å². The Morgan fingerprint density at radius 1 is 1.35 bits per heavy atom. The summed E-state index contributed by atoms with van der Waals surface area (Å²) in [6, 6.07) is 4.66. The number of nitrogens with zero attached hydrogens (tertiary/aromatic N) is 1. The Morgan fingerprint density at radius 2 is 2.06 bits per heavy atom. The number of rotatable bonds is 6. The minimum atomic E-state index is -0.588. The molecule has 1 rings (SSSR count). The van der Waals surface area contributed by atoms with Crippen LogP contribution >= 0.6 is 0 Å². The van der Waals surface area contributed by atoms with Gasteiger partial charge < -0.3 is 15.1 Å². The van der Waals surface area contributed by atoms with Gasteiger partial charge in [0, 0.05) is 13.1 Å². The lowest BCUT2D eigenvalue weighted by Crippen LogP contribution is -2.24. The van der Waals surface area contributed by atoms with E-state index in [0.29, 0.717) is 25.1 Å². The van der Waals surface area contributed by atoms with E-state index in [9.17, 15) is 9.50 Å². The fourth-order valence-electron chi connectivity index (χ4n) is 1.67. The van der Waals surface area contributed by atoms with Crippen LogP contribution in [0.5, 0.6) is 0 Å². The molecule has 0 aliphatic heterocycles. The maximum absolute atomic E-state index is 13.1. The number of halogens is 1. The number of hydrogen-bond donors (Lipinski definition) is 2. The highest BCUT2D eigenvalue weighted by Gasteiger charge is 2.10. The summed E-state index contributed by atoms with van der Waals surface area (Å²) in [5.74, 6) is -0.252. The third-order valence-electron chi connectivity index (χ3n) is 2.83. The Bertz CT molecular complexity index is 357. The maximum Gasteiger partial charge on any atom is 0.126 e. The number of likely N-dealkylation sites (N-methyl/N-ethyl adjacent to an activating group) is 1. The van der Waals surface area contributed by atoms with E-state index in [0.717, 1.165) is 5.56 Å². The van der Waals surface area contributed by atoms with Gasteiger partial charge in [0.25, 0.3) is 0 Å². The summed E-state index contributed by atoms with van der Waals surface area (Å²) in [5, 5.41) is 18.7. The van der Waals surface area contributed by atoms with E-state index in [2.05, 4.69) is 0 Å². The van der Waals surface area contributed by atoms with E-state index >= 15 is 0 Å². The lowest BCUT2D eigenvalue weighted by Gasteiger charge is -2.18. The zero-order valence-corrected chi connectivity index (χ0v) is 10.4. The number of hydrogen-bond acceptors (Lipinski definition) is 3. The van der Waals surface area contributed by atoms with Crippen molar-refractivity contribution in [3.8, 4) is 0 Å². The van der Waals surface area contributed by atoms with Crippen molar-refractivity contribution in [3.05, 3.63) is 35.1 Å². The van der Waals surface area contributed by atoms with Crippen LogP contribution in [0.25, 0.3) is 0 Å². The topological polar surface area (TPSA) is 43.7 Å². The summed E-state index contributed by atoms with van der Waals surface area (Å²) in [5.41, 5.74) is 1.28. The van der Waals surface area contributed by atoms with Gasteiger partial charge in [-0.05, 0) is 37.6 Å². The van der Waals surface area contributed by atoms with E-state index < -0.39 is 6.10 Å². The number of benzene rings is 1. The minimum Gasteiger partial charge on any atom is -0.395 e. The van der Waals surface area contributed by atoms with E-state index in [-0.39, 0.29) is 12.4 Å². The van der Waals surface area contributed by atoms with Crippen LogP contribution in [0.15, 0.2) is 18.2 Å². The van der Waals surface area contributed by atoms with Crippen LogP contribution in [0.3, 0.4) is 0 Å². The van der Waals surface area contributed by atoms with Crippen molar-refractivity contribution < 1.29 is 14.6 Å². The molecule has 0 saturated carbocycles. The molecule has 0 heterocycles. The predicted octanol–water partition coefficient (Wildman–Crippen LogP) is 1.48. The lowest BCUT2D eigenvalue weighted by atomic mass is 10.0. The van der Waals surface area contributed by atoms with Crippen molar-refractivity contribution in [2.24, 2.45) is 0 Å². The van der Waals surface area contributed by atoms with Gasteiger partial charge in [-0.3, -0.25) is 0 Å². The van der Waals surface area contributed by atoms with E-state index in [1.807, 2.05) is 11.9 Å². The third-order valence-corrected chi connectivity index (χ3v) is 2.83. The fraction of sp³-hybridized carbons (Fsp3) is 0.538. The van der Waals surface area contributed by atoms with E-state index in [4.69, 9.17) is 5.11 Å². The Balaban J connectivity index is 2.52. The van der Waals surface area contributed by atoms with Gasteiger partial charge in [0.05, 0.1) is 12.7 Å². The highest BCUT2D eigenvalue weighted by molar-refractivity contribution is 5.25. The van der Waals surface area contributed by atoms with Gasteiger partial charge in [-0.25, -0.2) is 4.39 Å². The summed E-state index contributed by atoms with van der Waals surface area (Å²) < 4.78 is 13.1. The summed E-state index contributed by atoms with van der Waals surface area (Å²) in [7, 11) is 1.89. The van der Waals surface area contributed by atoms with Crippen LogP contribution < -0.4 is 0 Å². The molecule has 0 saturated heterocycles. The molecule has 96 valence electrons. The molecule has 1 unspecified atom stereocenters.